The Kier molecular flexibility index (Phi) is 24.8. The number of amides is 10. The molecule has 2 aliphatic heterocycles. The molecule has 4 heterocycles. The molecule has 16 N–H and O–H groups in total. The molecule has 4 aromatic carbocycles. The molecule has 2 aromatic heterocycles. The number of likely N-dealkylation sites (tertiary alicyclic amines) is 1. The number of likely N-dealkylation sites (N-methyl/N-ethyl adjacent to an activating group) is 2. The van der Waals surface area contributed by atoms with E-state index in [1.807, 2.05) is 62.4 Å². The molecular weight excluding hydrogens is 1220 g/mol. The number of nitrogens with zero attached hydrogens (tertiary/aromatic N) is 4. The summed E-state index contributed by atoms with van der Waals surface area (Å²) in [5, 5.41) is 45.5. The van der Waals surface area contributed by atoms with Crippen molar-refractivity contribution in [3.8, 4) is 5.75 Å². The van der Waals surface area contributed by atoms with Crippen molar-refractivity contribution in [3.05, 3.63) is 132 Å². The molecule has 2 fully saturated rings. The lowest BCUT2D eigenvalue weighted by atomic mass is 9.96. The van der Waals surface area contributed by atoms with E-state index in [0.29, 0.717) is 52.7 Å². The number of aliphatic hydroxyl groups excluding tert-OH is 1. The highest BCUT2D eigenvalue weighted by atomic mass is 16.3. The normalized spacial score (nSPS) is 16.7. The first-order chi connectivity index (χ1) is 45.6. The zero-order chi connectivity index (χ0) is 68.3. The molecular formula is C67H86N16O12. The maximum absolute atomic E-state index is 15.2. The van der Waals surface area contributed by atoms with Gasteiger partial charge in [-0.1, -0.05) is 86.6 Å². The predicted octanol–water partition coefficient (Wildman–Crippen LogP) is 0.254. The van der Waals surface area contributed by atoms with Gasteiger partial charge in [-0.2, -0.15) is 0 Å². The fourth-order valence-electron chi connectivity index (χ4n) is 12.0. The van der Waals surface area contributed by atoms with Gasteiger partial charge < -0.3 is 84.0 Å². The number of benzene rings is 4. The summed E-state index contributed by atoms with van der Waals surface area (Å²) in [6, 6.07) is 14.1. The Bertz CT molecular complexity index is 3720. The summed E-state index contributed by atoms with van der Waals surface area (Å²) in [5.41, 5.74) is 14.0. The molecule has 6 aromatic rings. The summed E-state index contributed by atoms with van der Waals surface area (Å²) in [4.78, 5) is 160. The van der Waals surface area contributed by atoms with E-state index >= 15 is 14.4 Å². The molecule has 506 valence electrons. The first-order valence-electron chi connectivity index (χ1n) is 32.0. The molecule has 0 saturated carbocycles. The molecule has 0 bridgehead atoms. The van der Waals surface area contributed by atoms with Gasteiger partial charge in [0.2, 0.25) is 59.1 Å². The third kappa shape index (κ3) is 19.1. The fraction of sp³-hybridized carbons (Fsp3) is 0.433. The number of carbonyl (C=O) groups excluding carboxylic acids is 10. The van der Waals surface area contributed by atoms with Gasteiger partial charge >= 0.3 is 0 Å². The Balaban J connectivity index is 1.07. The van der Waals surface area contributed by atoms with E-state index in [1.54, 1.807) is 31.3 Å². The van der Waals surface area contributed by atoms with Crippen molar-refractivity contribution in [2.45, 2.75) is 146 Å². The van der Waals surface area contributed by atoms with E-state index in [4.69, 9.17) is 11.5 Å². The van der Waals surface area contributed by atoms with Crippen molar-refractivity contribution < 1.29 is 58.2 Å². The number of hydrogen-bond donors (Lipinski definition) is 14. The minimum Gasteiger partial charge on any atom is -0.508 e. The Morgan fingerprint density at radius 2 is 1.36 bits per heavy atom. The second-order valence-electron chi connectivity index (χ2n) is 24.4. The lowest BCUT2D eigenvalue weighted by Gasteiger charge is -2.32. The van der Waals surface area contributed by atoms with Crippen molar-refractivity contribution in [1.82, 2.24) is 67.3 Å². The number of aliphatic imine (C=N–C) groups is 1. The van der Waals surface area contributed by atoms with Crippen molar-refractivity contribution >= 4 is 86.7 Å². The lowest BCUT2D eigenvalue weighted by molar-refractivity contribution is -0.143. The van der Waals surface area contributed by atoms with Crippen molar-refractivity contribution in [3.63, 3.8) is 0 Å². The number of phenols is 1. The Hall–Kier alpha value is -10.4. The third-order valence-corrected chi connectivity index (χ3v) is 17.0. The molecule has 2 saturated heterocycles. The molecule has 8 rings (SSSR count). The number of carbonyl (C=O) groups is 10. The second kappa shape index (κ2) is 33.5. The average molecular weight is 1310 g/mol. The van der Waals surface area contributed by atoms with Gasteiger partial charge in [-0.05, 0) is 97.0 Å². The molecule has 0 radical (unpaired) electrons. The van der Waals surface area contributed by atoms with Gasteiger partial charge in [0.25, 0.3) is 0 Å². The zero-order valence-corrected chi connectivity index (χ0v) is 53.7. The topological polar surface area (TPSA) is 423 Å². The number of nitrogens with two attached hydrogens (primary N) is 2. The van der Waals surface area contributed by atoms with Crippen LogP contribution in [-0.2, 0) is 73.6 Å². The van der Waals surface area contributed by atoms with Gasteiger partial charge in [0.05, 0.1) is 12.9 Å². The fourth-order valence-corrected chi connectivity index (χ4v) is 12.0. The quantitative estimate of drug-likeness (QED) is 0.0153. The number of nitrogens with one attached hydrogen (secondary N) is 10. The van der Waals surface area contributed by atoms with Crippen LogP contribution in [-0.4, -0.2) is 188 Å². The zero-order valence-electron chi connectivity index (χ0n) is 53.7. The predicted molar refractivity (Wildman–Crippen MR) is 353 cm³/mol. The Morgan fingerprint density at radius 1 is 0.705 bits per heavy atom. The van der Waals surface area contributed by atoms with Crippen LogP contribution in [0.4, 0.5) is 0 Å². The SMILES string of the molecule is CCNC(=O)[C@@H]1CCCN1C(=O)[C@H](CCCN=C(N)N)NC(=O)[C@H](CC(C)C)NC(=O)[C@@H](Cc1c[nH]c2ccccc12)NC(=O)[C@H](Cc1ccc(O)cc1)NC(=O)[C@H](CO)NC(=O)[C@H](Cc1cccc2ccccc12)N(C)C(=O)[C@H](Cc1cnc[nH]1)NC(=O)[C@@H]1CCC(=O)N1. The first-order valence-corrected chi connectivity index (χ1v) is 32.0. The van der Waals surface area contributed by atoms with Crippen LogP contribution < -0.4 is 54.0 Å². The van der Waals surface area contributed by atoms with Gasteiger partial charge in [-0.3, -0.25) is 52.9 Å². The number of rotatable bonds is 32. The van der Waals surface area contributed by atoms with Crippen molar-refractivity contribution in [2.75, 3.05) is 33.3 Å². The van der Waals surface area contributed by atoms with Gasteiger partial charge in [-0.15, -0.1) is 0 Å². The van der Waals surface area contributed by atoms with E-state index in [0.717, 1.165) is 15.7 Å². The highest BCUT2D eigenvalue weighted by Crippen LogP contribution is 2.25. The largest absolute Gasteiger partial charge is 0.508 e. The van der Waals surface area contributed by atoms with E-state index < -0.39 is 108 Å². The van der Waals surface area contributed by atoms with Crippen LogP contribution in [0.5, 0.6) is 5.75 Å². The second-order valence-corrected chi connectivity index (χ2v) is 24.4. The maximum Gasteiger partial charge on any atom is 0.245 e. The Morgan fingerprint density at radius 3 is 2.03 bits per heavy atom. The van der Waals surface area contributed by atoms with Crippen LogP contribution in [0.1, 0.15) is 88.1 Å². The van der Waals surface area contributed by atoms with Crippen LogP contribution in [0, 0.1) is 5.92 Å². The number of guanidine groups is 1. The van der Waals surface area contributed by atoms with E-state index in [9.17, 15) is 43.8 Å². The lowest BCUT2D eigenvalue weighted by Crippen LogP contribution is -2.62. The standard InChI is InChI=1S/C67H86N16O12/c1-5-71-63(92)55-20-12-28-83(55)66(95)49(19-11-27-72-67(68)69)76-59(88)50(29-38(2)3)77-61(90)52(31-42-34-73-47-18-9-8-17-46(42)47)79-60(89)51(30-39-21-23-44(85)24-22-39)78-62(91)54(36-84)81-64(93)56(32-41-15-10-14-40-13-6-7-16-45(40)41)82(4)65(94)53(33-43-35-70-37-74-43)80-58(87)48-25-26-57(86)75-48/h6-10,13-18,21-24,34-35,37-38,48-56,73,84-85H,5,11-12,19-20,25-33,36H2,1-4H3,(H,70,74)(H,71,92)(H,75,86)(H,76,88)(H,77,90)(H,78,91)(H,79,89)(H,80,87)(H,81,93)(H4,68,69,72)/t48-,49-,50-,51-,52+,53-,54-,55-,56-/m0/s1. The molecule has 9 atom stereocenters. The summed E-state index contributed by atoms with van der Waals surface area (Å²) >= 11 is 0. The molecule has 95 heavy (non-hydrogen) atoms. The number of para-hydroxylation sites is 1. The minimum atomic E-state index is -1.78. The molecule has 10 amide bonds. The smallest absolute Gasteiger partial charge is 0.245 e. The van der Waals surface area contributed by atoms with E-state index in [-0.39, 0.29) is 100 Å². The van der Waals surface area contributed by atoms with E-state index in [1.165, 1.54) is 48.7 Å². The van der Waals surface area contributed by atoms with Crippen LogP contribution in [0.25, 0.3) is 21.7 Å². The molecule has 0 unspecified atom stereocenters. The Labute approximate surface area is 549 Å². The summed E-state index contributed by atoms with van der Waals surface area (Å²) in [7, 11) is 1.37. The third-order valence-electron chi connectivity index (χ3n) is 17.0. The number of aromatic hydroxyl groups is 1. The number of imidazole rings is 1. The molecule has 2 aliphatic rings. The highest BCUT2D eigenvalue weighted by molar-refractivity contribution is 6.00. The number of fused-ring (bicyclic) bond motifs is 2. The van der Waals surface area contributed by atoms with Crippen molar-refractivity contribution in [1.29, 1.82) is 0 Å². The summed E-state index contributed by atoms with van der Waals surface area (Å²) < 4.78 is 0. The van der Waals surface area contributed by atoms with E-state index in [2.05, 4.69) is 62.5 Å². The van der Waals surface area contributed by atoms with Gasteiger partial charge in [0, 0.05) is 87.8 Å². The van der Waals surface area contributed by atoms with Crippen LogP contribution >= 0.6 is 0 Å². The van der Waals surface area contributed by atoms with Crippen LogP contribution in [0.2, 0.25) is 0 Å². The number of phenolic OH excluding ortho intramolecular Hbond substituents is 1. The number of aromatic amines is 2. The highest BCUT2D eigenvalue weighted by Gasteiger charge is 2.41. The van der Waals surface area contributed by atoms with Crippen LogP contribution in [0.3, 0.4) is 0 Å². The van der Waals surface area contributed by atoms with Crippen molar-refractivity contribution in [2.24, 2.45) is 22.4 Å². The maximum atomic E-state index is 15.2. The van der Waals surface area contributed by atoms with Gasteiger partial charge in [0.15, 0.2) is 5.96 Å². The summed E-state index contributed by atoms with van der Waals surface area (Å²) in [6.07, 6.45) is 5.54. The molecule has 0 spiro atoms. The number of aliphatic hydroxyl groups is 1. The van der Waals surface area contributed by atoms with Gasteiger partial charge in [0.1, 0.15) is 60.1 Å². The molecule has 0 aliphatic carbocycles. The monoisotopic (exact) mass is 1310 g/mol. The first kappa shape index (κ1) is 70.5. The number of H-pyrrole nitrogens is 2. The number of hydrogen-bond acceptors (Lipinski definition) is 14. The minimum absolute atomic E-state index is 0.0651. The number of aromatic nitrogens is 3. The molecule has 28 heteroatoms. The summed E-state index contributed by atoms with van der Waals surface area (Å²) in [6.45, 7) is 5.16. The summed E-state index contributed by atoms with van der Waals surface area (Å²) in [5.74, 6) is -7.41. The van der Waals surface area contributed by atoms with Crippen LogP contribution in [0.15, 0.2) is 115 Å². The molecule has 28 nitrogen and oxygen atoms in total. The van der Waals surface area contributed by atoms with Gasteiger partial charge in [-0.25, -0.2) is 4.98 Å². The average Bonchev–Trinajstić information content (AvgIpc) is 1.67.